The topological polar surface area (TPSA) is 39.9 Å². The summed E-state index contributed by atoms with van der Waals surface area (Å²) in [5.41, 5.74) is -0.0567. The Labute approximate surface area is 123 Å². The number of aromatic nitrogens is 1. The molecule has 0 N–H and O–H groups in total. The van der Waals surface area contributed by atoms with Crippen LogP contribution in [0.4, 0.5) is 18.3 Å². The van der Waals surface area contributed by atoms with Crippen molar-refractivity contribution in [3.63, 3.8) is 0 Å². The first-order chi connectivity index (χ1) is 9.97. The number of nitriles is 1. The van der Waals surface area contributed by atoms with Gasteiger partial charge < -0.3 is 4.90 Å². The van der Waals surface area contributed by atoms with Crippen LogP contribution in [0.2, 0.25) is 0 Å². The highest BCUT2D eigenvalue weighted by Crippen LogP contribution is 2.36. The van der Waals surface area contributed by atoms with Crippen molar-refractivity contribution >= 4 is 26.7 Å². The van der Waals surface area contributed by atoms with Crippen molar-refractivity contribution in [2.75, 3.05) is 18.0 Å². The summed E-state index contributed by atoms with van der Waals surface area (Å²) in [4.78, 5) is 6.45. The predicted molar refractivity (Wildman–Crippen MR) is 75.2 cm³/mol. The van der Waals surface area contributed by atoms with Gasteiger partial charge in [0, 0.05) is 19.0 Å². The third-order valence-corrected chi connectivity index (χ3v) is 4.73. The van der Waals surface area contributed by atoms with Gasteiger partial charge in [-0.05, 0) is 31.0 Å². The summed E-state index contributed by atoms with van der Waals surface area (Å²) in [5.74, 6) is 0.0764. The van der Waals surface area contributed by atoms with Crippen LogP contribution < -0.4 is 4.90 Å². The molecule has 7 heteroatoms. The second kappa shape index (κ2) is 5.19. The lowest BCUT2D eigenvalue weighted by Gasteiger charge is -2.28. The number of piperidine rings is 1. The predicted octanol–water partition coefficient (Wildman–Crippen LogP) is 4.06. The minimum absolute atomic E-state index is 0.0764. The number of hydrogen-bond donors (Lipinski definition) is 0. The maximum Gasteiger partial charge on any atom is 0.416 e. The Morgan fingerprint density at radius 3 is 2.62 bits per heavy atom. The average molecular weight is 311 g/mol. The maximum absolute atomic E-state index is 12.7. The van der Waals surface area contributed by atoms with Crippen LogP contribution in [-0.2, 0) is 6.18 Å². The highest BCUT2D eigenvalue weighted by atomic mass is 32.1. The molecule has 0 spiro atoms. The number of halogens is 3. The van der Waals surface area contributed by atoms with Gasteiger partial charge in [0.05, 0.1) is 21.8 Å². The number of anilines is 1. The number of rotatable bonds is 1. The standard InChI is InChI=1S/C14H12F3N3S/c15-14(16,17)10-1-2-11-12(7-10)21-13(19-11)20-5-3-9(8-18)4-6-20/h1-2,7,9H,3-6H2. The van der Waals surface area contributed by atoms with Crippen molar-refractivity contribution in [2.24, 2.45) is 5.92 Å². The molecule has 1 saturated heterocycles. The Morgan fingerprint density at radius 2 is 2.00 bits per heavy atom. The van der Waals surface area contributed by atoms with Gasteiger partial charge in [0.2, 0.25) is 0 Å². The Bertz CT molecular complexity index is 694. The van der Waals surface area contributed by atoms with Gasteiger partial charge in [0.1, 0.15) is 0 Å². The van der Waals surface area contributed by atoms with Gasteiger partial charge in [-0.1, -0.05) is 11.3 Å². The molecular formula is C14H12F3N3S. The van der Waals surface area contributed by atoms with E-state index in [-0.39, 0.29) is 5.92 Å². The van der Waals surface area contributed by atoms with E-state index in [0.29, 0.717) is 10.2 Å². The number of alkyl halides is 3. The molecule has 1 aromatic heterocycles. The lowest BCUT2D eigenvalue weighted by Crippen LogP contribution is -2.33. The molecule has 3 nitrogen and oxygen atoms in total. The van der Waals surface area contributed by atoms with Gasteiger partial charge in [0.25, 0.3) is 0 Å². The molecule has 0 bridgehead atoms. The lowest BCUT2D eigenvalue weighted by atomic mass is 9.99. The first kappa shape index (κ1) is 14.1. The molecule has 1 aromatic carbocycles. The second-order valence-electron chi connectivity index (χ2n) is 5.07. The number of hydrogen-bond acceptors (Lipinski definition) is 4. The fourth-order valence-electron chi connectivity index (χ4n) is 2.42. The van der Waals surface area contributed by atoms with E-state index in [4.69, 9.17) is 5.26 Å². The molecule has 0 aliphatic carbocycles. The van der Waals surface area contributed by atoms with E-state index in [2.05, 4.69) is 11.1 Å². The quantitative estimate of drug-likeness (QED) is 0.797. The summed E-state index contributed by atoms with van der Waals surface area (Å²) in [7, 11) is 0. The van der Waals surface area contributed by atoms with Crippen LogP contribution in [0.15, 0.2) is 18.2 Å². The molecule has 1 aliphatic rings. The summed E-state index contributed by atoms with van der Waals surface area (Å²) in [6.07, 6.45) is -2.77. The largest absolute Gasteiger partial charge is 0.416 e. The van der Waals surface area contributed by atoms with Gasteiger partial charge in [-0.25, -0.2) is 4.98 Å². The molecule has 0 unspecified atom stereocenters. The normalized spacial score (nSPS) is 17.1. The summed E-state index contributed by atoms with van der Waals surface area (Å²) in [6, 6.07) is 5.89. The van der Waals surface area contributed by atoms with E-state index >= 15 is 0 Å². The highest BCUT2D eigenvalue weighted by Gasteiger charge is 2.31. The van der Waals surface area contributed by atoms with Crippen LogP contribution in [0.5, 0.6) is 0 Å². The fraction of sp³-hybridized carbons (Fsp3) is 0.429. The first-order valence-electron chi connectivity index (χ1n) is 6.60. The summed E-state index contributed by atoms with van der Waals surface area (Å²) < 4.78 is 38.7. The molecule has 3 rings (SSSR count). The molecule has 110 valence electrons. The van der Waals surface area contributed by atoms with Crippen LogP contribution in [0.25, 0.3) is 10.2 Å². The molecule has 1 fully saturated rings. The lowest BCUT2D eigenvalue weighted by molar-refractivity contribution is -0.137. The van der Waals surface area contributed by atoms with Gasteiger partial charge in [-0.2, -0.15) is 18.4 Å². The molecule has 21 heavy (non-hydrogen) atoms. The van der Waals surface area contributed by atoms with Crippen molar-refractivity contribution in [3.8, 4) is 6.07 Å². The zero-order chi connectivity index (χ0) is 15.0. The zero-order valence-corrected chi connectivity index (χ0v) is 11.8. The molecule has 0 amide bonds. The van der Waals surface area contributed by atoms with Crippen LogP contribution in [-0.4, -0.2) is 18.1 Å². The van der Waals surface area contributed by atoms with Crippen molar-refractivity contribution in [1.82, 2.24) is 4.98 Å². The van der Waals surface area contributed by atoms with E-state index in [9.17, 15) is 13.2 Å². The van der Waals surface area contributed by atoms with Gasteiger partial charge in [-0.15, -0.1) is 0 Å². The SMILES string of the molecule is N#CC1CCN(c2nc3ccc(C(F)(F)F)cc3s2)CC1. The van der Waals surface area contributed by atoms with E-state index < -0.39 is 11.7 Å². The minimum atomic E-state index is -4.33. The van der Waals surface area contributed by atoms with E-state index in [1.807, 2.05) is 4.90 Å². The molecule has 0 radical (unpaired) electrons. The van der Waals surface area contributed by atoms with Gasteiger partial charge in [-0.3, -0.25) is 0 Å². The van der Waals surface area contributed by atoms with Crippen LogP contribution in [0.1, 0.15) is 18.4 Å². The molecule has 0 saturated carbocycles. The molecule has 2 heterocycles. The Morgan fingerprint density at radius 1 is 1.29 bits per heavy atom. The fourth-order valence-corrected chi connectivity index (χ4v) is 3.48. The monoisotopic (exact) mass is 311 g/mol. The van der Waals surface area contributed by atoms with Crippen LogP contribution >= 0.6 is 11.3 Å². The Hall–Kier alpha value is -1.81. The van der Waals surface area contributed by atoms with Crippen LogP contribution in [0.3, 0.4) is 0 Å². The molecular weight excluding hydrogens is 299 g/mol. The maximum atomic E-state index is 12.7. The van der Waals surface area contributed by atoms with Gasteiger partial charge >= 0.3 is 6.18 Å². The number of nitrogens with zero attached hydrogens (tertiary/aromatic N) is 3. The molecule has 1 aliphatic heterocycles. The van der Waals surface area contributed by atoms with Crippen molar-refractivity contribution < 1.29 is 13.2 Å². The smallest absolute Gasteiger partial charge is 0.348 e. The van der Waals surface area contributed by atoms with E-state index in [1.165, 1.54) is 17.4 Å². The average Bonchev–Trinajstić information content (AvgIpc) is 2.89. The number of benzene rings is 1. The van der Waals surface area contributed by atoms with Crippen LogP contribution in [0, 0.1) is 17.2 Å². The third-order valence-electron chi connectivity index (χ3n) is 3.65. The molecule has 2 aromatic rings. The summed E-state index contributed by atoms with van der Waals surface area (Å²) in [5, 5.41) is 9.62. The Balaban J connectivity index is 1.87. The van der Waals surface area contributed by atoms with E-state index in [0.717, 1.165) is 43.2 Å². The highest BCUT2D eigenvalue weighted by molar-refractivity contribution is 7.22. The Kier molecular flexibility index (Phi) is 3.49. The van der Waals surface area contributed by atoms with Crippen molar-refractivity contribution in [2.45, 2.75) is 19.0 Å². The first-order valence-corrected chi connectivity index (χ1v) is 7.41. The van der Waals surface area contributed by atoms with E-state index in [1.54, 1.807) is 0 Å². The van der Waals surface area contributed by atoms with Crippen molar-refractivity contribution in [1.29, 1.82) is 5.26 Å². The zero-order valence-electron chi connectivity index (χ0n) is 11.0. The summed E-state index contributed by atoms with van der Waals surface area (Å²) in [6.45, 7) is 1.45. The molecule has 0 atom stereocenters. The number of fused-ring (bicyclic) bond motifs is 1. The third kappa shape index (κ3) is 2.81. The van der Waals surface area contributed by atoms with Gasteiger partial charge in [0.15, 0.2) is 5.13 Å². The minimum Gasteiger partial charge on any atom is -0.348 e. The number of thiazole rings is 1. The summed E-state index contributed by atoms with van der Waals surface area (Å²) >= 11 is 1.27. The van der Waals surface area contributed by atoms with Crippen molar-refractivity contribution in [3.05, 3.63) is 23.8 Å². The second-order valence-corrected chi connectivity index (χ2v) is 6.08.